The maximum absolute atomic E-state index is 12.6. The number of hydrogen-bond donors (Lipinski definition) is 0. The maximum atomic E-state index is 12.6. The van der Waals surface area contributed by atoms with Gasteiger partial charge in [-0.25, -0.2) is 13.5 Å². The molecule has 0 heterocycles. The van der Waals surface area contributed by atoms with Crippen LogP contribution in [-0.4, -0.2) is 19.2 Å². The van der Waals surface area contributed by atoms with E-state index in [1.165, 1.54) is 0 Å². The highest BCUT2D eigenvalue weighted by molar-refractivity contribution is 9.25. The average Bonchev–Trinajstić information content (AvgIpc) is 1.77. The Morgan fingerprint density at radius 2 is 0.800 bits per heavy atom. The van der Waals surface area contributed by atoms with Gasteiger partial charge in [0.15, 0.2) is 0 Å². The summed E-state index contributed by atoms with van der Waals surface area (Å²) in [5.74, 6) is 0. The van der Waals surface area contributed by atoms with Crippen molar-refractivity contribution in [3.05, 3.63) is 0 Å². The van der Waals surface area contributed by atoms with Crippen LogP contribution < -0.4 is 0 Å². The summed E-state index contributed by atoms with van der Waals surface area (Å²) in [7, 11) is 0. The molecule has 0 aromatic carbocycles. The van der Waals surface area contributed by atoms with Crippen LogP contribution in [0.4, 0.5) is 26.3 Å². The molecule has 0 aliphatic heterocycles. The van der Waals surface area contributed by atoms with Gasteiger partial charge in [-0.1, -0.05) is 0 Å². The fourth-order valence-corrected chi connectivity index (χ4v) is 0.600. The summed E-state index contributed by atoms with van der Waals surface area (Å²) < 4.78 is 70.7. The summed E-state index contributed by atoms with van der Waals surface area (Å²) in [5, 5.41) is 0. The Bertz CT molecular complexity index is 208. The number of ether oxygens (including phenoxy) is 1. The molecular formula is C4Br4F6O. The molecule has 0 bridgehead atoms. The summed E-state index contributed by atoms with van der Waals surface area (Å²) in [4.78, 5) is 0. The molecule has 0 unspecified atom stereocenters. The lowest BCUT2D eigenvalue weighted by Gasteiger charge is -2.30. The predicted octanol–water partition coefficient (Wildman–Crippen LogP) is 5.01. The molecule has 0 saturated heterocycles. The third-order valence-corrected chi connectivity index (χ3v) is 2.76. The van der Waals surface area contributed by atoms with Gasteiger partial charge in [0.2, 0.25) is 0 Å². The maximum Gasteiger partial charge on any atom is 0.414 e. The lowest BCUT2D eigenvalue weighted by molar-refractivity contribution is -0.394. The van der Waals surface area contributed by atoms with Crippen LogP contribution in [0.2, 0.25) is 0 Å². The second-order valence-corrected chi connectivity index (χ2v) is 8.63. The van der Waals surface area contributed by atoms with Gasteiger partial charge >= 0.3 is 19.2 Å². The minimum absolute atomic E-state index is 1.71. The molecule has 92 valence electrons. The number of rotatable bonds is 4. The van der Waals surface area contributed by atoms with Gasteiger partial charge in [-0.05, 0) is 63.7 Å². The van der Waals surface area contributed by atoms with Gasteiger partial charge < -0.3 is 0 Å². The molecule has 0 aromatic heterocycles. The molecule has 0 radical (unpaired) electrons. The van der Waals surface area contributed by atoms with E-state index < -0.39 is 19.2 Å². The second-order valence-electron chi connectivity index (χ2n) is 2.13. The summed E-state index contributed by atoms with van der Waals surface area (Å²) >= 11 is 6.83. The predicted molar refractivity (Wildman–Crippen MR) is 54.4 cm³/mol. The minimum Gasteiger partial charge on any atom is -0.247 e. The molecule has 0 rings (SSSR count). The third kappa shape index (κ3) is 4.32. The molecule has 0 atom stereocenters. The summed E-state index contributed by atoms with van der Waals surface area (Å²) in [5.41, 5.74) is 0. The topological polar surface area (TPSA) is 9.23 Å². The van der Waals surface area contributed by atoms with Crippen LogP contribution >= 0.6 is 63.7 Å². The van der Waals surface area contributed by atoms with E-state index in [9.17, 15) is 26.3 Å². The van der Waals surface area contributed by atoms with E-state index in [1.54, 1.807) is 63.7 Å². The molecule has 0 fully saturated rings. The monoisotopic (exact) mass is 494 g/mol. The first-order valence-corrected chi connectivity index (χ1v) is 5.97. The van der Waals surface area contributed by atoms with Crippen molar-refractivity contribution < 1.29 is 31.1 Å². The zero-order valence-corrected chi connectivity index (χ0v) is 12.5. The van der Waals surface area contributed by atoms with Crippen molar-refractivity contribution in [2.75, 3.05) is 0 Å². The Labute approximate surface area is 113 Å². The quantitative estimate of drug-likeness (QED) is 0.392. The first-order valence-electron chi connectivity index (χ1n) is 2.80. The molecule has 0 N–H and O–H groups in total. The molecular weight excluding hydrogens is 498 g/mol. The Balaban J connectivity index is 4.89. The van der Waals surface area contributed by atoms with Crippen molar-refractivity contribution in [3.63, 3.8) is 0 Å². The van der Waals surface area contributed by atoms with Crippen molar-refractivity contribution in [1.29, 1.82) is 0 Å². The molecule has 0 amide bonds. The first-order chi connectivity index (χ1) is 6.21. The van der Waals surface area contributed by atoms with Crippen LogP contribution in [0.1, 0.15) is 0 Å². The Morgan fingerprint density at radius 3 is 0.933 bits per heavy atom. The van der Waals surface area contributed by atoms with Gasteiger partial charge in [-0.15, -0.1) is 0 Å². The highest BCUT2D eigenvalue weighted by Crippen LogP contribution is 2.52. The van der Waals surface area contributed by atoms with Crippen molar-refractivity contribution in [2.45, 2.75) is 19.2 Å². The molecule has 0 aromatic rings. The van der Waals surface area contributed by atoms with Crippen LogP contribution in [-0.2, 0) is 4.74 Å². The SMILES string of the molecule is FC(Br)(Br)C(F)(F)OC(F)(F)C(F)(Br)Br. The van der Waals surface area contributed by atoms with E-state index in [4.69, 9.17) is 0 Å². The number of hydrogen-bond acceptors (Lipinski definition) is 1. The lowest BCUT2D eigenvalue weighted by Crippen LogP contribution is -2.48. The normalized spacial score (nSPS) is 15.6. The van der Waals surface area contributed by atoms with Gasteiger partial charge in [0.05, 0.1) is 0 Å². The average molecular weight is 498 g/mol. The highest BCUT2D eigenvalue weighted by Gasteiger charge is 2.64. The Hall–Kier alpha value is 1.46. The summed E-state index contributed by atoms with van der Waals surface area (Å²) in [6, 6.07) is 0. The Kier molecular flexibility index (Phi) is 5.07. The number of halogens is 10. The fraction of sp³-hybridized carbons (Fsp3) is 1.00. The molecule has 0 aliphatic rings. The van der Waals surface area contributed by atoms with Gasteiger partial charge in [-0.3, -0.25) is 0 Å². The Morgan fingerprint density at radius 1 is 0.600 bits per heavy atom. The molecule has 0 saturated carbocycles. The third-order valence-electron chi connectivity index (χ3n) is 0.916. The van der Waals surface area contributed by atoms with E-state index in [0.717, 1.165) is 0 Å². The van der Waals surface area contributed by atoms with Gasteiger partial charge in [0.25, 0.3) is 0 Å². The zero-order chi connectivity index (χ0) is 12.7. The van der Waals surface area contributed by atoms with Crippen LogP contribution in [0, 0.1) is 0 Å². The largest absolute Gasteiger partial charge is 0.414 e. The van der Waals surface area contributed by atoms with Crippen molar-refractivity contribution in [1.82, 2.24) is 0 Å². The number of alkyl halides is 10. The summed E-state index contributed by atoms with van der Waals surface area (Å²) in [6.45, 7) is 0. The second kappa shape index (κ2) is 4.62. The molecule has 15 heavy (non-hydrogen) atoms. The van der Waals surface area contributed by atoms with Crippen LogP contribution in [0.3, 0.4) is 0 Å². The summed E-state index contributed by atoms with van der Waals surface area (Å²) in [6.07, 6.45) is -10.0. The van der Waals surface area contributed by atoms with Gasteiger partial charge in [0, 0.05) is 0 Å². The minimum atomic E-state index is -5.00. The molecule has 11 heteroatoms. The first kappa shape index (κ1) is 16.5. The van der Waals surface area contributed by atoms with Crippen molar-refractivity contribution in [2.24, 2.45) is 0 Å². The van der Waals surface area contributed by atoms with Crippen LogP contribution in [0.15, 0.2) is 0 Å². The standard InChI is InChI=1S/C4Br4F6O/c5-1(6,9)3(11,12)15-4(13,14)2(7,8)10. The smallest absolute Gasteiger partial charge is 0.247 e. The van der Waals surface area contributed by atoms with E-state index >= 15 is 0 Å². The van der Waals surface area contributed by atoms with E-state index in [1.807, 2.05) is 0 Å². The van der Waals surface area contributed by atoms with E-state index in [2.05, 4.69) is 4.74 Å². The molecule has 0 spiro atoms. The lowest BCUT2D eigenvalue weighted by atomic mass is 10.6. The van der Waals surface area contributed by atoms with E-state index in [-0.39, 0.29) is 0 Å². The highest BCUT2D eigenvalue weighted by atomic mass is 79.9. The van der Waals surface area contributed by atoms with Crippen LogP contribution in [0.5, 0.6) is 0 Å². The van der Waals surface area contributed by atoms with Gasteiger partial charge in [0.1, 0.15) is 0 Å². The van der Waals surface area contributed by atoms with Crippen molar-refractivity contribution in [3.8, 4) is 0 Å². The molecule has 0 aliphatic carbocycles. The van der Waals surface area contributed by atoms with Crippen molar-refractivity contribution >= 4 is 63.7 Å². The fourth-order valence-electron chi connectivity index (χ4n) is 0.277. The zero-order valence-electron chi connectivity index (χ0n) is 6.19. The van der Waals surface area contributed by atoms with E-state index in [0.29, 0.717) is 0 Å². The molecule has 1 nitrogen and oxygen atoms in total. The van der Waals surface area contributed by atoms with Gasteiger partial charge in [-0.2, -0.15) is 17.6 Å². The van der Waals surface area contributed by atoms with Crippen LogP contribution in [0.25, 0.3) is 0 Å².